The molecule has 8 heteroatoms. The van der Waals surface area contributed by atoms with Gasteiger partial charge in [-0.25, -0.2) is 9.78 Å². The van der Waals surface area contributed by atoms with Crippen LogP contribution in [0.4, 0.5) is 5.69 Å². The Hall–Kier alpha value is -3.00. The number of esters is 1. The lowest BCUT2D eigenvalue weighted by atomic mass is 10.1. The van der Waals surface area contributed by atoms with Gasteiger partial charge >= 0.3 is 5.97 Å². The molecule has 0 radical (unpaired) electrons. The average Bonchev–Trinajstić information content (AvgIpc) is 3.04. The Labute approximate surface area is 165 Å². The van der Waals surface area contributed by atoms with E-state index in [0.29, 0.717) is 32.9 Å². The molecule has 3 heterocycles. The number of nitrogens with zero attached hydrogens (tertiary/aromatic N) is 2. The molecular weight excluding hydrogens is 378 g/mol. The van der Waals surface area contributed by atoms with Gasteiger partial charge in [0.2, 0.25) is 0 Å². The quantitative estimate of drug-likeness (QED) is 0.686. The number of thiophene rings is 1. The van der Waals surface area contributed by atoms with E-state index in [9.17, 15) is 14.4 Å². The second kappa shape index (κ2) is 7.20. The highest BCUT2D eigenvalue weighted by molar-refractivity contribution is 7.20. The number of carbonyl (C=O) groups excluding carboxylic acids is 2. The molecule has 0 spiro atoms. The zero-order valence-electron chi connectivity index (χ0n) is 15.6. The molecule has 3 aromatic rings. The van der Waals surface area contributed by atoms with E-state index in [-0.39, 0.29) is 17.0 Å². The molecule has 1 aromatic carbocycles. The van der Waals surface area contributed by atoms with Crippen molar-refractivity contribution in [3.8, 4) is 0 Å². The van der Waals surface area contributed by atoms with Crippen LogP contribution in [0.5, 0.6) is 0 Å². The van der Waals surface area contributed by atoms with Crippen LogP contribution in [0.2, 0.25) is 0 Å². The standard InChI is InChI=1S/C20H19N3O4S/c1-11-15-18(22-14-9-5-6-10-23(14)19(15)25)28-16(11)17(24)21-13-8-4-3-7-12(13)20(26)27-2/h3-4,7-8H,5-6,9-10H2,1-2H3,(H,21,24). The van der Waals surface area contributed by atoms with Gasteiger partial charge < -0.3 is 10.1 Å². The molecule has 28 heavy (non-hydrogen) atoms. The van der Waals surface area contributed by atoms with Crippen molar-refractivity contribution in [2.24, 2.45) is 0 Å². The number of nitrogens with one attached hydrogen (secondary N) is 1. The van der Waals surface area contributed by atoms with E-state index in [0.717, 1.165) is 25.1 Å². The van der Waals surface area contributed by atoms with Crippen molar-refractivity contribution in [2.45, 2.75) is 32.7 Å². The van der Waals surface area contributed by atoms with Gasteiger partial charge in [-0.1, -0.05) is 12.1 Å². The first-order chi connectivity index (χ1) is 13.5. The minimum atomic E-state index is -0.531. The van der Waals surface area contributed by atoms with Crippen LogP contribution in [0.1, 0.15) is 44.3 Å². The zero-order valence-corrected chi connectivity index (χ0v) is 16.4. The van der Waals surface area contributed by atoms with Gasteiger partial charge in [-0.05, 0) is 37.5 Å². The van der Waals surface area contributed by atoms with Gasteiger partial charge in [-0.2, -0.15) is 0 Å². The third-order valence-corrected chi connectivity index (χ3v) is 6.13. The Balaban J connectivity index is 1.75. The number of rotatable bonds is 3. The topological polar surface area (TPSA) is 90.3 Å². The zero-order chi connectivity index (χ0) is 19.8. The molecule has 0 unspecified atom stereocenters. The number of hydrogen-bond donors (Lipinski definition) is 1. The van der Waals surface area contributed by atoms with Crippen molar-refractivity contribution >= 4 is 39.1 Å². The van der Waals surface area contributed by atoms with Gasteiger partial charge in [-0.15, -0.1) is 11.3 Å². The summed E-state index contributed by atoms with van der Waals surface area (Å²) in [5, 5.41) is 3.27. The maximum atomic E-state index is 12.9. The number of aromatic nitrogens is 2. The number of fused-ring (bicyclic) bond motifs is 2. The molecular formula is C20H19N3O4S. The fourth-order valence-electron chi connectivity index (χ4n) is 3.51. The van der Waals surface area contributed by atoms with E-state index in [4.69, 9.17) is 4.74 Å². The van der Waals surface area contributed by atoms with E-state index >= 15 is 0 Å². The van der Waals surface area contributed by atoms with Gasteiger partial charge in [0.1, 0.15) is 10.7 Å². The van der Waals surface area contributed by atoms with Crippen molar-refractivity contribution in [1.82, 2.24) is 9.55 Å². The van der Waals surface area contributed by atoms with E-state index in [1.807, 2.05) is 0 Å². The Morgan fingerprint density at radius 1 is 1.25 bits per heavy atom. The summed E-state index contributed by atoms with van der Waals surface area (Å²) < 4.78 is 6.49. The van der Waals surface area contributed by atoms with Crippen LogP contribution in [0.3, 0.4) is 0 Å². The molecule has 1 aliphatic rings. The first-order valence-corrected chi connectivity index (χ1v) is 9.84. The molecule has 7 nitrogen and oxygen atoms in total. The number of para-hydroxylation sites is 1. The van der Waals surface area contributed by atoms with E-state index < -0.39 is 5.97 Å². The number of hydrogen-bond acceptors (Lipinski definition) is 6. The summed E-state index contributed by atoms with van der Waals surface area (Å²) >= 11 is 1.21. The van der Waals surface area contributed by atoms with Crippen LogP contribution in [0.25, 0.3) is 10.2 Å². The van der Waals surface area contributed by atoms with Crippen LogP contribution in [0, 0.1) is 6.92 Å². The maximum absolute atomic E-state index is 12.9. The van der Waals surface area contributed by atoms with Crippen molar-refractivity contribution in [3.63, 3.8) is 0 Å². The molecule has 4 rings (SSSR count). The summed E-state index contributed by atoms with van der Waals surface area (Å²) in [6.45, 7) is 2.43. The number of anilines is 1. The fraction of sp³-hybridized carbons (Fsp3) is 0.300. The van der Waals surface area contributed by atoms with Crippen LogP contribution in [0.15, 0.2) is 29.1 Å². The van der Waals surface area contributed by atoms with Crippen molar-refractivity contribution in [3.05, 3.63) is 56.4 Å². The van der Waals surface area contributed by atoms with Gasteiger partial charge in [0, 0.05) is 13.0 Å². The van der Waals surface area contributed by atoms with Crippen LogP contribution in [-0.2, 0) is 17.7 Å². The molecule has 1 amide bonds. The highest BCUT2D eigenvalue weighted by atomic mass is 32.1. The molecule has 0 aliphatic carbocycles. The summed E-state index contributed by atoms with van der Waals surface area (Å²) in [7, 11) is 1.29. The maximum Gasteiger partial charge on any atom is 0.339 e. The summed E-state index contributed by atoms with van der Waals surface area (Å²) in [4.78, 5) is 43.4. The number of ether oxygens (including phenoxy) is 1. The Morgan fingerprint density at radius 2 is 2.04 bits per heavy atom. The fourth-order valence-corrected chi connectivity index (χ4v) is 4.59. The predicted molar refractivity (Wildman–Crippen MR) is 107 cm³/mol. The molecule has 144 valence electrons. The monoisotopic (exact) mass is 397 g/mol. The highest BCUT2D eigenvalue weighted by Gasteiger charge is 2.23. The van der Waals surface area contributed by atoms with Gasteiger partial charge in [0.15, 0.2) is 0 Å². The van der Waals surface area contributed by atoms with E-state index in [2.05, 4.69) is 10.3 Å². The molecule has 2 aromatic heterocycles. The minimum absolute atomic E-state index is 0.0811. The first-order valence-electron chi connectivity index (χ1n) is 9.02. The van der Waals surface area contributed by atoms with Gasteiger partial charge in [-0.3, -0.25) is 14.2 Å². The predicted octanol–water partition coefficient (Wildman–Crippen LogP) is 3.14. The lowest BCUT2D eigenvalue weighted by Crippen LogP contribution is -2.28. The second-order valence-electron chi connectivity index (χ2n) is 6.67. The SMILES string of the molecule is COC(=O)c1ccccc1NC(=O)c1sc2nc3n(c(=O)c2c1C)CCCC3. The van der Waals surface area contributed by atoms with Crippen molar-refractivity contribution < 1.29 is 14.3 Å². The number of methoxy groups -OCH3 is 1. The van der Waals surface area contributed by atoms with Crippen LogP contribution < -0.4 is 10.9 Å². The molecule has 0 saturated carbocycles. The first kappa shape index (κ1) is 18.4. The van der Waals surface area contributed by atoms with Crippen LogP contribution in [-0.4, -0.2) is 28.5 Å². The lowest BCUT2D eigenvalue weighted by molar-refractivity contribution is 0.0602. The Morgan fingerprint density at radius 3 is 2.82 bits per heavy atom. The molecule has 0 saturated heterocycles. The summed E-state index contributed by atoms with van der Waals surface area (Å²) in [6.07, 6.45) is 2.75. The largest absolute Gasteiger partial charge is 0.465 e. The van der Waals surface area contributed by atoms with E-state index in [1.165, 1.54) is 18.4 Å². The summed E-state index contributed by atoms with van der Waals surface area (Å²) in [5.74, 6) is -0.122. The Bertz CT molecular complexity index is 1160. The molecule has 1 N–H and O–H groups in total. The summed E-state index contributed by atoms with van der Waals surface area (Å²) in [6, 6.07) is 6.64. The van der Waals surface area contributed by atoms with Crippen LogP contribution >= 0.6 is 11.3 Å². The average molecular weight is 397 g/mol. The normalized spacial score (nSPS) is 13.2. The molecule has 0 atom stereocenters. The number of benzene rings is 1. The molecule has 1 aliphatic heterocycles. The van der Waals surface area contributed by atoms with Crippen molar-refractivity contribution in [1.29, 1.82) is 0 Å². The van der Waals surface area contributed by atoms with Crippen molar-refractivity contribution in [2.75, 3.05) is 12.4 Å². The number of amides is 1. The summed E-state index contributed by atoms with van der Waals surface area (Å²) in [5.41, 5.74) is 1.17. The van der Waals surface area contributed by atoms with Gasteiger partial charge in [0.25, 0.3) is 11.5 Å². The third-order valence-electron chi connectivity index (χ3n) is 4.95. The highest BCUT2D eigenvalue weighted by Crippen LogP contribution is 2.29. The smallest absolute Gasteiger partial charge is 0.339 e. The molecule has 0 fully saturated rings. The number of aryl methyl sites for hydroxylation is 2. The second-order valence-corrected chi connectivity index (χ2v) is 7.67. The van der Waals surface area contributed by atoms with Gasteiger partial charge in [0.05, 0.1) is 28.6 Å². The number of carbonyl (C=O) groups is 2. The lowest BCUT2D eigenvalue weighted by Gasteiger charge is -2.16. The third kappa shape index (κ3) is 2.99. The Kier molecular flexibility index (Phi) is 4.72. The van der Waals surface area contributed by atoms with E-state index in [1.54, 1.807) is 35.8 Å². The molecule has 0 bridgehead atoms. The minimum Gasteiger partial charge on any atom is -0.465 e.